The van der Waals surface area contributed by atoms with E-state index in [0.29, 0.717) is 15.4 Å². The van der Waals surface area contributed by atoms with Gasteiger partial charge in [0, 0.05) is 26.8 Å². The number of non-ortho nitro benzene ring substituents is 1. The molecule has 1 aliphatic rings. The van der Waals surface area contributed by atoms with E-state index in [2.05, 4.69) is 5.32 Å². The molecule has 0 spiro atoms. The normalized spacial score (nSPS) is 13.1. The molecular weight excluding hydrogens is 460 g/mol. The van der Waals surface area contributed by atoms with Crippen LogP contribution in [0.5, 0.6) is 0 Å². The average Bonchev–Trinajstić information content (AvgIpc) is 3.41. The summed E-state index contributed by atoms with van der Waals surface area (Å²) in [6.45, 7) is 0. The van der Waals surface area contributed by atoms with Gasteiger partial charge in [-0.2, -0.15) is 5.26 Å². The predicted molar refractivity (Wildman–Crippen MR) is 128 cm³/mol. The van der Waals surface area contributed by atoms with Crippen molar-refractivity contribution in [1.29, 1.82) is 5.26 Å². The number of amides is 2. The van der Waals surface area contributed by atoms with Crippen molar-refractivity contribution in [2.75, 3.05) is 5.32 Å². The molecule has 2 aromatic heterocycles. The minimum Gasteiger partial charge on any atom is -0.365 e. The van der Waals surface area contributed by atoms with E-state index in [-0.39, 0.29) is 11.3 Å². The van der Waals surface area contributed by atoms with Crippen LogP contribution in [-0.4, -0.2) is 16.7 Å². The molecule has 0 unspecified atom stereocenters. The minimum absolute atomic E-state index is 0.00412. The zero-order valence-electron chi connectivity index (χ0n) is 17.3. The highest BCUT2D eigenvalue weighted by atomic mass is 32.1. The minimum atomic E-state index is -0.608. The van der Waals surface area contributed by atoms with Gasteiger partial charge in [0.05, 0.1) is 10.5 Å². The Hall–Kier alpha value is -3.81. The van der Waals surface area contributed by atoms with Crippen LogP contribution in [0.25, 0.3) is 16.5 Å². The fourth-order valence-corrected chi connectivity index (χ4v) is 5.96. The third-order valence-corrected chi connectivity index (χ3v) is 7.57. The van der Waals surface area contributed by atoms with Crippen molar-refractivity contribution >= 4 is 51.3 Å². The van der Waals surface area contributed by atoms with Gasteiger partial charge in [0.25, 0.3) is 17.5 Å². The van der Waals surface area contributed by atoms with Crippen molar-refractivity contribution in [3.63, 3.8) is 0 Å². The maximum absolute atomic E-state index is 12.8. The van der Waals surface area contributed by atoms with Crippen molar-refractivity contribution in [2.45, 2.75) is 25.7 Å². The summed E-state index contributed by atoms with van der Waals surface area (Å²) in [6, 6.07) is 11.7. The van der Waals surface area contributed by atoms with E-state index < -0.39 is 16.7 Å². The molecule has 2 heterocycles. The van der Waals surface area contributed by atoms with Gasteiger partial charge in [-0.15, -0.1) is 22.7 Å². The van der Waals surface area contributed by atoms with E-state index in [9.17, 15) is 25.0 Å². The topological polar surface area (TPSA) is 139 Å². The third kappa shape index (κ3) is 4.69. The molecule has 1 aromatic carbocycles. The van der Waals surface area contributed by atoms with Crippen LogP contribution >= 0.6 is 22.7 Å². The zero-order chi connectivity index (χ0) is 23.5. The van der Waals surface area contributed by atoms with Crippen LogP contribution < -0.4 is 11.1 Å². The Morgan fingerprint density at radius 2 is 1.85 bits per heavy atom. The second kappa shape index (κ2) is 9.36. The van der Waals surface area contributed by atoms with Crippen LogP contribution in [0.1, 0.15) is 38.5 Å². The molecule has 166 valence electrons. The number of nitro groups is 1. The maximum atomic E-state index is 12.8. The van der Waals surface area contributed by atoms with Crippen LogP contribution in [0.15, 0.2) is 42.0 Å². The number of benzene rings is 1. The summed E-state index contributed by atoms with van der Waals surface area (Å²) in [5.74, 6) is -1.19. The van der Waals surface area contributed by atoms with E-state index in [4.69, 9.17) is 5.73 Å². The molecule has 8 nitrogen and oxygen atoms in total. The Balaban J connectivity index is 1.56. The number of carbonyl (C=O) groups excluding carboxylic acids is 2. The number of nitrogens with one attached hydrogen (secondary N) is 1. The summed E-state index contributed by atoms with van der Waals surface area (Å²) in [5, 5.41) is 23.5. The first-order valence-corrected chi connectivity index (χ1v) is 11.7. The lowest BCUT2D eigenvalue weighted by molar-refractivity contribution is -0.384. The number of rotatable bonds is 6. The second-order valence-corrected chi connectivity index (χ2v) is 9.63. The quantitative estimate of drug-likeness (QED) is 0.224. The highest BCUT2D eigenvalue weighted by molar-refractivity contribution is 7.17. The molecule has 0 bridgehead atoms. The summed E-state index contributed by atoms with van der Waals surface area (Å²) in [7, 11) is 0. The van der Waals surface area contributed by atoms with E-state index >= 15 is 0 Å². The van der Waals surface area contributed by atoms with Gasteiger partial charge in [0.1, 0.15) is 16.6 Å². The lowest BCUT2D eigenvalue weighted by Gasteiger charge is -2.11. The van der Waals surface area contributed by atoms with Gasteiger partial charge >= 0.3 is 0 Å². The van der Waals surface area contributed by atoms with Gasteiger partial charge in [0.15, 0.2) is 0 Å². The number of nitro benzene ring substituents is 1. The number of hydrogen-bond acceptors (Lipinski definition) is 7. The first-order chi connectivity index (χ1) is 15.9. The Morgan fingerprint density at radius 1 is 1.12 bits per heavy atom. The number of thiophene rings is 2. The summed E-state index contributed by atoms with van der Waals surface area (Å²) in [5.41, 5.74) is 7.52. The van der Waals surface area contributed by atoms with Crippen LogP contribution in [0.4, 0.5) is 10.7 Å². The molecule has 3 aromatic rings. The first-order valence-electron chi connectivity index (χ1n) is 10.1. The molecular formula is C23H18N4O4S2. The Bertz CT molecular complexity index is 1330. The van der Waals surface area contributed by atoms with E-state index in [1.54, 1.807) is 18.2 Å². The number of primary amides is 1. The zero-order valence-corrected chi connectivity index (χ0v) is 18.9. The highest BCUT2D eigenvalue weighted by Crippen LogP contribution is 2.38. The molecule has 0 aliphatic heterocycles. The monoisotopic (exact) mass is 478 g/mol. The molecule has 4 rings (SSSR count). The van der Waals surface area contributed by atoms with Gasteiger partial charge in [0.2, 0.25) is 0 Å². The van der Waals surface area contributed by atoms with E-state index in [1.165, 1.54) is 40.9 Å². The SMILES string of the molecule is N#C/C(=C\c1ccc(-c2ccc([N+](=O)[O-])cc2)s1)C(=O)Nc1sc2c(c1C(N)=O)CCCC2. The van der Waals surface area contributed by atoms with Gasteiger partial charge in [-0.05, 0) is 67.2 Å². The molecule has 3 N–H and O–H groups in total. The predicted octanol–water partition coefficient (Wildman–Crippen LogP) is 4.91. The number of nitriles is 1. The Labute approximate surface area is 197 Å². The van der Waals surface area contributed by atoms with Crippen LogP contribution in [0, 0.1) is 21.4 Å². The average molecular weight is 479 g/mol. The molecule has 1 aliphatic carbocycles. The molecule has 0 atom stereocenters. The number of hydrogen-bond donors (Lipinski definition) is 2. The Kier molecular flexibility index (Phi) is 6.35. The van der Waals surface area contributed by atoms with Gasteiger partial charge < -0.3 is 11.1 Å². The Morgan fingerprint density at radius 3 is 2.52 bits per heavy atom. The van der Waals surface area contributed by atoms with Crippen LogP contribution in [0.3, 0.4) is 0 Å². The third-order valence-electron chi connectivity index (χ3n) is 5.29. The summed E-state index contributed by atoms with van der Waals surface area (Å²) in [6.07, 6.45) is 5.07. The lowest BCUT2D eigenvalue weighted by atomic mass is 9.95. The summed E-state index contributed by atoms with van der Waals surface area (Å²) >= 11 is 2.69. The second-order valence-electron chi connectivity index (χ2n) is 7.41. The molecule has 33 heavy (non-hydrogen) atoms. The standard InChI is InChI=1S/C23H18N4O4S2/c24-12-14(11-16-9-10-18(32-16)13-5-7-15(8-6-13)27(30)31)22(29)26-23-20(21(25)28)17-3-1-2-4-19(17)33-23/h5-11H,1-4H2,(H2,25,28)(H,26,29)/b14-11+. The molecule has 10 heteroatoms. The number of nitrogens with zero attached hydrogens (tertiary/aromatic N) is 2. The van der Waals surface area contributed by atoms with Crippen molar-refractivity contribution in [3.8, 4) is 16.5 Å². The number of nitrogens with two attached hydrogens (primary N) is 1. The van der Waals surface area contributed by atoms with Gasteiger partial charge in [-0.1, -0.05) is 0 Å². The van der Waals surface area contributed by atoms with E-state index in [0.717, 1.165) is 46.6 Å². The van der Waals surface area contributed by atoms with Crippen molar-refractivity contribution in [1.82, 2.24) is 0 Å². The summed E-state index contributed by atoms with van der Waals surface area (Å²) < 4.78 is 0. The van der Waals surface area contributed by atoms with Crippen LogP contribution in [0.2, 0.25) is 0 Å². The number of carbonyl (C=O) groups is 2. The van der Waals surface area contributed by atoms with Crippen molar-refractivity contribution in [3.05, 3.63) is 73.0 Å². The molecule has 0 saturated carbocycles. The van der Waals surface area contributed by atoms with E-state index in [1.807, 2.05) is 12.1 Å². The molecule has 0 fully saturated rings. The fourth-order valence-electron chi connectivity index (χ4n) is 3.71. The van der Waals surface area contributed by atoms with Gasteiger partial charge in [-0.3, -0.25) is 19.7 Å². The fraction of sp³-hybridized carbons (Fsp3) is 0.174. The molecule has 0 radical (unpaired) electrons. The smallest absolute Gasteiger partial charge is 0.269 e. The highest BCUT2D eigenvalue weighted by Gasteiger charge is 2.25. The van der Waals surface area contributed by atoms with Gasteiger partial charge in [-0.25, -0.2) is 0 Å². The van der Waals surface area contributed by atoms with Crippen LogP contribution in [-0.2, 0) is 17.6 Å². The molecule has 0 saturated heterocycles. The lowest BCUT2D eigenvalue weighted by Crippen LogP contribution is -2.19. The first kappa shape index (κ1) is 22.4. The maximum Gasteiger partial charge on any atom is 0.269 e. The number of anilines is 1. The molecule has 2 amide bonds. The van der Waals surface area contributed by atoms with Crippen molar-refractivity contribution < 1.29 is 14.5 Å². The number of aryl methyl sites for hydroxylation is 1. The number of fused-ring (bicyclic) bond motifs is 1. The largest absolute Gasteiger partial charge is 0.365 e. The summed E-state index contributed by atoms with van der Waals surface area (Å²) in [4.78, 5) is 37.8. The van der Waals surface area contributed by atoms with Crippen molar-refractivity contribution in [2.24, 2.45) is 5.73 Å².